The molecule has 0 aliphatic carbocycles. The highest BCUT2D eigenvalue weighted by Gasteiger charge is 2.49. The molecule has 9 rings (SSSR count). The summed E-state index contributed by atoms with van der Waals surface area (Å²) in [5.74, 6) is 0. The fraction of sp³-hybridized carbons (Fsp3) is 0. The quantitative estimate of drug-likeness (QED) is 0.180. The van der Waals surface area contributed by atoms with Gasteiger partial charge in [-0.25, -0.2) is 4.98 Å². The number of benzene rings is 6. The number of anilines is 3. The topological polar surface area (TPSA) is 29.0 Å². The maximum atomic E-state index is 5.16. The normalized spacial score (nSPS) is 15.1. The summed E-state index contributed by atoms with van der Waals surface area (Å²) in [4.78, 5) is 12.3. The van der Waals surface area contributed by atoms with Gasteiger partial charge >= 0.3 is 0 Å². The van der Waals surface area contributed by atoms with Gasteiger partial charge in [0.05, 0.1) is 16.9 Å². The van der Waals surface area contributed by atoms with Crippen LogP contribution in [0.4, 0.5) is 17.1 Å². The summed E-state index contributed by atoms with van der Waals surface area (Å²) in [5, 5.41) is 6.49. The lowest BCUT2D eigenvalue weighted by molar-refractivity contribution is 1.29. The van der Waals surface area contributed by atoms with Crippen molar-refractivity contribution in [1.29, 1.82) is 0 Å². The van der Waals surface area contributed by atoms with E-state index < -0.39 is 8.07 Å². The summed E-state index contributed by atoms with van der Waals surface area (Å²) < 4.78 is 0. The van der Waals surface area contributed by atoms with E-state index >= 15 is 0 Å². The summed E-state index contributed by atoms with van der Waals surface area (Å²) in [7, 11) is -2.93. The second-order valence-electron chi connectivity index (χ2n) is 12.2. The van der Waals surface area contributed by atoms with E-state index in [2.05, 4.69) is 181 Å². The Kier molecular flexibility index (Phi) is 6.80. The third kappa shape index (κ3) is 4.49. The zero-order valence-electron chi connectivity index (χ0n) is 26.2. The summed E-state index contributed by atoms with van der Waals surface area (Å²) in [6.07, 6.45) is 1.87. The van der Waals surface area contributed by atoms with Crippen molar-refractivity contribution in [2.75, 3.05) is 4.90 Å². The average molecular weight is 630 g/mol. The highest BCUT2D eigenvalue weighted by molar-refractivity contribution is 7.21. The van der Waals surface area contributed by atoms with Crippen molar-refractivity contribution in [3.05, 3.63) is 188 Å². The maximum Gasteiger partial charge on any atom is 0.184 e. The smallest absolute Gasteiger partial charge is 0.184 e. The van der Waals surface area contributed by atoms with Crippen LogP contribution in [0.15, 0.2) is 188 Å². The van der Waals surface area contributed by atoms with Crippen molar-refractivity contribution in [2.45, 2.75) is 0 Å². The van der Waals surface area contributed by atoms with Crippen LogP contribution in [0.5, 0.6) is 0 Å². The van der Waals surface area contributed by atoms with Crippen molar-refractivity contribution in [1.82, 2.24) is 9.97 Å². The van der Waals surface area contributed by atoms with Gasteiger partial charge in [0.25, 0.3) is 0 Å². The molecule has 3 heterocycles. The van der Waals surface area contributed by atoms with E-state index in [0.29, 0.717) is 0 Å². The molecular weight excluding hydrogens is 599 g/mol. The predicted octanol–water partition coefficient (Wildman–Crippen LogP) is 8.12. The second-order valence-corrected chi connectivity index (χ2v) is 16.0. The molecular formula is C44H31N3Si. The molecule has 0 fully saturated rings. The molecule has 0 radical (unpaired) electrons. The molecule has 0 spiro atoms. The molecule has 2 aromatic heterocycles. The number of hydrogen-bond acceptors (Lipinski definition) is 3. The number of rotatable bonds is 5. The molecule has 3 nitrogen and oxygen atoms in total. The molecule has 4 heteroatoms. The Labute approximate surface area is 281 Å². The summed E-state index contributed by atoms with van der Waals surface area (Å²) in [6, 6.07) is 65.9. The van der Waals surface area contributed by atoms with Gasteiger partial charge in [0.1, 0.15) is 0 Å². The SMILES string of the molecule is c1ccc(N2c3ccccc3[Si](c3ccccc3)(c3cccc(-c4ccccn4)c3)c3cc(-c4ccc5ccccc5n4)ccc32)cc1. The van der Waals surface area contributed by atoms with Crippen molar-refractivity contribution < 1.29 is 0 Å². The lowest BCUT2D eigenvalue weighted by Gasteiger charge is -2.45. The van der Waals surface area contributed by atoms with E-state index in [1.54, 1.807) is 0 Å². The Hall–Kier alpha value is -6.10. The molecule has 0 saturated heterocycles. The van der Waals surface area contributed by atoms with Crippen LogP contribution < -0.4 is 25.6 Å². The second kappa shape index (κ2) is 11.6. The van der Waals surface area contributed by atoms with Crippen molar-refractivity contribution in [3.63, 3.8) is 0 Å². The highest BCUT2D eigenvalue weighted by atomic mass is 28.3. The first kappa shape index (κ1) is 28.1. The number of para-hydroxylation sites is 3. The summed E-state index contributed by atoms with van der Waals surface area (Å²) in [5.41, 5.74) is 8.73. The van der Waals surface area contributed by atoms with Gasteiger partial charge in [-0.3, -0.25) is 4.98 Å². The fourth-order valence-corrected chi connectivity index (χ4v) is 12.6. The Morgan fingerprint density at radius 1 is 0.438 bits per heavy atom. The molecule has 1 unspecified atom stereocenters. The van der Waals surface area contributed by atoms with Crippen LogP contribution in [-0.2, 0) is 0 Å². The first-order chi connectivity index (χ1) is 23.8. The van der Waals surface area contributed by atoms with E-state index in [0.717, 1.165) is 39.1 Å². The minimum absolute atomic E-state index is 0.972. The van der Waals surface area contributed by atoms with Crippen LogP contribution >= 0.6 is 0 Å². The lowest BCUT2D eigenvalue weighted by Crippen LogP contribution is -2.77. The molecule has 1 atom stereocenters. The molecule has 0 bridgehead atoms. The zero-order chi connectivity index (χ0) is 31.9. The fourth-order valence-electron chi connectivity index (χ4n) is 7.46. The summed E-state index contributed by atoms with van der Waals surface area (Å²) >= 11 is 0. The van der Waals surface area contributed by atoms with Gasteiger partial charge in [-0.05, 0) is 69.3 Å². The largest absolute Gasteiger partial charge is 0.311 e. The van der Waals surface area contributed by atoms with Crippen LogP contribution in [0.3, 0.4) is 0 Å². The van der Waals surface area contributed by atoms with Crippen molar-refractivity contribution >= 4 is 56.8 Å². The summed E-state index contributed by atoms with van der Waals surface area (Å²) in [6.45, 7) is 0. The van der Waals surface area contributed by atoms with E-state index in [-0.39, 0.29) is 0 Å². The standard InChI is InChI=1S/C44H31N3Si/c1-3-16-35(17-4-1)47-41-23-9-10-24-43(41)48(36-18-5-2-6-19-36,37-20-13-15-33(30-37)38-21-11-12-29-45-38)44-31-34(26-28-42(44)47)40-27-25-32-14-7-8-22-39(32)46-40/h1-31H. The number of aromatic nitrogens is 2. The molecule has 8 aromatic rings. The van der Waals surface area contributed by atoms with E-state index in [1.807, 2.05) is 12.3 Å². The zero-order valence-corrected chi connectivity index (χ0v) is 27.2. The molecule has 48 heavy (non-hydrogen) atoms. The first-order valence-corrected chi connectivity index (χ1v) is 18.3. The number of fused-ring (bicyclic) bond motifs is 3. The molecule has 0 N–H and O–H groups in total. The molecule has 1 aliphatic heterocycles. The molecule has 226 valence electrons. The Balaban J connectivity index is 1.40. The molecule has 0 saturated carbocycles. The minimum atomic E-state index is -2.93. The van der Waals surface area contributed by atoms with Crippen LogP contribution in [0.25, 0.3) is 33.4 Å². The van der Waals surface area contributed by atoms with E-state index in [4.69, 9.17) is 9.97 Å². The monoisotopic (exact) mass is 629 g/mol. The van der Waals surface area contributed by atoms with E-state index in [9.17, 15) is 0 Å². The van der Waals surface area contributed by atoms with Gasteiger partial charge < -0.3 is 4.90 Å². The van der Waals surface area contributed by atoms with Gasteiger partial charge in [-0.2, -0.15) is 0 Å². The van der Waals surface area contributed by atoms with E-state index in [1.165, 1.54) is 32.1 Å². The van der Waals surface area contributed by atoms with Crippen molar-refractivity contribution in [2.24, 2.45) is 0 Å². The molecule has 6 aromatic carbocycles. The van der Waals surface area contributed by atoms with Crippen LogP contribution in [0, 0.1) is 0 Å². The first-order valence-electron chi connectivity index (χ1n) is 16.3. The van der Waals surface area contributed by atoms with Gasteiger partial charge in [-0.15, -0.1) is 0 Å². The average Bonchev–Trinajstić information content (AvgIpc) is 3.17. The molecule has 1 aliphatic rings. The van der Waals surface area contributed by atoms with Gasteiger partial charge in [0, 0.05) is 39.8 Å². The van der Waals surface area contributed by atoms with Crippen molar-refractivity contribution in [3.8, 4) is 22.5 Å². The van der Waals surface area contributed by atoms with Gasteiger partial charge in [-0.1, -0.05) is 133 Å². The number of nitrogens with zero attached hydrogens (tertiary/aromatic N) is 3. The Morgan fingerprint density at radius 2 is 1.15 bits per heavy atom. The van der Waals surface area contributed by atoms with Gasteiger partial charge in [0.15, 0.2) is 8.07 Å². The third-order valence-corrected chi connectivity index (χ3v) is 14.4. The van der Waals surface area contributed by atoms with Crippen LogP contribution in [-0.4, -0.2) is 18.0 Å². The third-order valence-electron chi connectivity index (χ3n) is 9.56. The predicted molar refractivity (Wildman–Crippen MR) is 202 cm³/mol. The minimum Gasteiger partial charge on any atom is -0.311 e. The van der Waals surface area contributed by atoms with Crippen LogP contribution in [0.1, 0.15) is 0 Å². The maximum absolute atomic E-state index is 5.16. The number of hydrogen-bond donors (Lipinski definition) is 0. The number of pyridine rings is 2. The Morgan fingerprint density at radius 3 is 2.00 bits per heavy atom. The highest BCUT2D eigenvalue weighted by Crippen LogP contribution is 2.39. The lowest BCUT2D eigenvalue weighted by atomic mass is 10.1. The molecule has 0 amide bonds. The van der Waals surface area contributed by atoms with Crippen LogP contribution in [0.2, 0.25) is 0 Å². The van der Waals surface area contributed by atoms with Gasteiger partial charge in [0.2, 0.25) is 0 Å². The Bertz CT molecular complexity index is 2410.